The molecule has 1 saturated heterocycles. The number of amides is 2. The molecule has 1 aliphatic rings. The van der Waals surface area contributed by atoms with E-state index in [-0.39, 0.29) is 18.1 Å². The Morgan fingerprint density at radius 2 is 2.43 bits per heavy atom. The van der Waals surface area contributed by atoms with Gasteiger partial charge in [0.2, 0.25) is 0 Å². The maximum absolute atomic E-state index is 12.2. The highest BCUT2D eigenvalue weighted by atomic mass is 32.1. The minimum atomic E-state index is -0.359. The van der Waals surface area contributed by atoms with Gasteiger partial charge in [0.05, 0.1) is 18.3 Å². The number of thiazole rings is 1. The van der Waals surface area contributed by atoms with Gasteiger partial charge in [-0.15, -0.1) is 11.3 Å². The maximum atomic E-state index is 12.2. The third-order valence-corrected chi connectivity index (χ3v) is 4.83. The van der Waals surface area contributed by atoms with Gasteiger partial charge in [0, 0.05) is 38.5 Å². The zero-order valence-corrected chi connectivity index (χ0v) is 13.7. The molecule has 2 rings (SSSR count). The van der Waals surface area contributed by atoms with Crippen LogP contribution < -0.4 is 10.2 Å². The molecule has 6 nitrogen and oxygen atoms in total. The number of carbonyl (C=O) groups is 1. The summed E-state index contributed by atoms with van der Waals surface area (Å²) in [4.78, 5) is 20.4. The second-order valence-electron chi connectivity index (χ2n) is 5.76. The number of aliphatic hydroxyl groups excluding tert-OH is 1. The number of aliphatic hydroxyl groups is 1. The highest BCUT2D eigenvalue weighted by Gasteiger charge is 2.26. The Balaban J connectivity index is 1.83. The molecule has 2 atom stereocenters. The number of hydrogen-bond acceptors (Lipinski definition) is 5. The summed E-state index contributed by atoms with van der Waals surface area (Å²) in [6.07, 6.45) is 1.58. The minimum absolute atomic E-state index is 0.0697. The van der Waals surface area contributed by atoms with Crippen molar-refractivity contribution >= 4 is 22.5 Å². The van der Waals surface area contributed by atoms with Crippen LogP contribution in [0.1, 0.15) is 25.5 Å². The monoisotopic (exact) mass is 312 g/mol. The van der Waals surface area contributed by atoms with Gasteiger partial charge < -0.3 is 20.2 Å². The fourth-order valence-electron chi connectivity index (χ4n) is 2.45. The van der Waals surface area contributed by atoms with Crippen molar-refractivity contribution in [2.45, 2.75) is 32.4 Å². The highest BCUT2D eigenvalue weighted by molar-refractivity contribution is 7.13. The number of carbonyl (C=O) groups excluding carboxylic acids is 1. The van der Waals surface area contributed by atoms with Crippen molar-refractivity contribution in [3.05, 3.63) is 11.1 Å². The summed E-state index contributed by atoms with van der Waals surface area (Å²) in [6.45, 7) is 3.63. The molecule has 0 aliphatic carbocycles. The van der Waals surface area contributed by atoms with Crippen LogP contribution in [0.3, 0.4) is 0 Å². The van der Waals surface area contributed by atoms with E-state index in [2.05, 4.69) is 10.3 Å². The molecule has 7 heteroatoms. The second-order valence-corrected chi connectivity index (χ2v) is 6.60. The summed E-state index contributed by atoms with van der Waals surface area (Å²) in [5, 5.41) is 15.5. The summed E-state index contributed by atoms with van der Waals surface area (Å²) < 4.78 is 0. The first-order valence-corrected chi connectivity index (χ1v) is 8.18. The highest BCUT2D eigenvalue weighted by Crippen LogP contribution is 2.20. The molecule has 0 aromatic carbocycles. The normalized spacial score (nSPS) is 20.2. The Hall–Kier alpha value is -1.34. The molecule has 2 unspecified atom stereocenters. The molecule has 2 N–H and O–H groups in total. The van der Waals surface area contributed by atoms with Crippen molar-refractivity contribution in [2.75, 3.05) is 32.1 Å². The van der Waals surface area contributed by atoms with Crippen molar-refractivity contribution in [3.8, 4) is 0 Å². The van der Waals surface area contributed by atoms with Gasteiger partial charge in [-0.3, -0.25) is 0 Å². The van der Waals surface area contributed by atoms with Crippen LogP contribution in [-0.4, -0.2) is 54.3 Å². The zero-order chi connectivity index (χ0) is 15.4. The van der Waals surface area contributed by atoms with Gasteiger partial charge in [-0.25, -0.2) is 9.78 Å². The Labute approximate surface area is 129 Å². The topological polar surface area (TPSA) is 68.7 Å². The summed E-state index contributed by atoms with van der Waals surface area (Å²) in [6, 6.07) is -0.0697. The summed E-state index contributed by atoms with van der Waals surface area (Å²) in [5.74, 6) is 0.184. The second kappa shape index (κ2) is 7.09. The molecule has 118 valence electrons. The van der Waals surface area contributed by atoms with Gasteiger partial charge in [-0.1, -0.05) is 0 Å². The van der Waals surface area contributed by atoms with Gasteiger partial charge in [-0.2, -0.15) is 0 Å². The van der Waals surface area contributed by atoms with E-state index in [1.807, 2.05) is 24.4 Å². The van der Waals surface area contributed by atoms with Crippen LogP contribution in [0, 0.1) is 5.92 Å². The van der Waals surface area contributed by atoms with E-state index in [1.165, 1.54) is 0 Å². The van der Waals surface area contributed by atoms with Crippen LogP contribution in [0.15, 0.2) is 5.38 Å². The van der Waals surface area contributed by atoms with E-state index >= 15 is 0 Å². The van der Waals surface area contributed by atoms with Crippen molar-refractivity contribution in [2.24, 2.45) is 5.92 Å². The van der Waals surface area contributed by atoms with Crippen molar-refractivity contribution in [1.82, 2.24) is 15.2 Å². The largest absolute Gasteiger partial charge is 0.393 e. The maximum Gasteiger partial charge on any atom is 0.317 e. The summed E-state index contributed by atoms with van der Waals surface area (Å²) in [5.41, 5.74) is 0.876. The predicted molar refractivity (Wildman–Crippen MR) is 84.7 cm³/mol. The summed E-state index contributed by atoms with van der Waals surface area (Å²) in [7, 11) is 3.90. The lowest BCUT2D eigenvalue weighted by molar-refractivity contribution is 0.0738. The lowest BCUT2D eigenvalue weighted by atomic mass is 9.94. The number of likely N-dealkylation sites (tertiary alicyclic amines) is 1. The van der Waals surface area contributed by atoms with E-state index < -0.39 is 0 Å². The molecule has 0 saturated carbocycles. The molecule has 21 heavy (non-hydrogen) atoms. The number of nitrogens with one attached hydrogen (secondary N) is 1. The van der Waals surface area contributed by atoms with Crippen molar-refractivity contribution < 1.29 is 9.90 Å². The number of anilines is 1. The van der Waals surface area contributed by atoms with Crippen LogP contribution in [0.5, 0.6) is 0 Å². The zero-order valence-electron chi connectivity index (χ0n) is 12.9. The fraction of sp³-hybridized carbons (Fsp3) is 0.714. The number of urea groups is 1. The number of aromatic nitrogens is 1. The van der Waals surface area contributed by atoms with Gasteiger partial charge >= 0.3 is 6.03 Å². The van der Waals surface area contributed by atoms with E-state index in [1.54, 1.807) is 23.2 Å². The molecule has 1 fully saturated rings. The fourth-order valence-corrected chi connectivity index (χ4v) is 3.21. The van der Waals surface area contributed by atoms with Gasteiger partial charge in [0.25, 0.3) is 0 Å². The number of piperidine rings is 1. The third-order valence-electron chi connectivity index (χ3n) is 3.77. The first-order valence-electron chi connectivity index (χ1n) is 7.30. The standard InChI is InChI=1S/C14H24N4O2S/c1-10(19)11-5-4-6-18(8-11)13(20)15-7-12-9-21-14(16-12)17(2)3/h9-11,19H,4-8H2,1-3H3,(H,15,20). The molecular formula is C14H24N4O2S. The van der Waals surface area contributed by atoms with E-state index in [9.17, 15) is 9.90 Å². The quantitative estimate of drug-likeness (QED) is 0.884. The van der Waals surface area contributed by atoms with E-state index in [4.69, 9.17) is 0 Å². The van der Waals surface area contributed by atoms with Crippen LogP contribution in [0.4, 0.5) is 9.93 Å². The molecule has 0 bridgehead atoms. The average Bonchev–Trinajstić information content (AvgIpc) is 2.94. The molecule has 0 spiro atoms. The van der Waals surface area contributed by atoms with Crippen LogP contribution >= 0.6 is 11.3 Å². The molecule has 0 radical (unpaired) electrons. The Kier molecular flexibility index (Phi) is 5.41. The molecule has 2 amide bonds. The Morgan fingerprint density at radius 1 is 1.67 bits per heavy atom. The van der Waals surface area contributed by atoms with Gasteiger partial charge in [0.15, 0.2) is 5.13 Å². The average molecular weight is 312 g/mol. The van der Waals surface area contributed by atoms with E-state index in [0.29, 0.717) is 13.1 Å². The van der Waals surface area contributed by atoms with Crippen LogP contribution in [0.2, 0.25) is 0 Å². The lowest BCUT2D eigenvalue weighted by Crippen LogP contribution is -2.47. The van der Waals surface area contributed by atoms with Gasteiger partial charge in [-0.05, 0) is 19.8 Å². The van der Waals surface area contributed by atoms with Crippen molar-refractivity contribution in [1.29, 1.82) is 0 Å². The van der Waals surface area contributed by atoms with Crippen molar-refractivity contribution in [3.63, 3.8) is 0 Å². The number of hydrogen-bond donors (Lipinski definition) is 2. The number of rotatable bonds is 4. The van der Waals surface area contributed by atoms with Gasteiger partial charge in [0.1, 0.15) is 0 Å². The molecule has 1 aliphatic heterocycles. The van der Waals surface area contributed by atoms with Crippen LogP contribution in [0.25, 0.3) is 0 Å². The SMILES string of the molecule is CC(O)C1CCCN(C(=O)NCc2csc(N(C)C)n2)C1. The lowest BCUT2D eigenvalue weighted by Gasteiger charge is -2.34. The summed E-state index contributed by atoms with van der Waals surface area (Å²) >= 11 is 1.57. The first-order chi connectivity index (χ1) is 9.97. The van der Waals surface area contributed by atoms with E-state index in [0.717, 1.165) is 30.2 Å². The first kappa shape index (κ1) is 16.0. The molecule has 1 aromatic rings. The Bertz CT molecular complexity index is 475. The molecule has 1 aromatic heterocycles. The molecule has 2 heterocycles. The minimum Gasteiger partial charge on any atom is -0.393 e. The predicted octanol–water partition coefficient (Wildman–Crippen LogP) is 1.51. The molecular weight excluding hydrogens is 288 g/mol. The third kappa shape index (κ3) is 4.31. The smallest absolute Gasteiger partial charge is 0.317 e. The Morgan fingerprint density at radius 3 is 3.05 bits per heavy atom. The number of nitrogens with zero attached hydrogens (tertiary/aromatic N) is 3. The van der Waals surface area contributed by atoms with Crippen LogP contribution in [-0.2, 0) is 6.54 Å².